The average Bonchev–Trinajstić information content (AvgIpc) is 2.65. The van der Waals surface area contributed by atoms with E-state index < -0.39 is 0 Å². The summed E-state index contributed by atoms with van der Waals surface area (Å²) in [6.07, 6.45) is 0.131. The monoisotopic (exact) mass is 228 g/mol. The van der Waals surface area contributed by atoms with E-state index in [4.69, 9.17) is 21.1 Å². The van der Waals surface area contributed by atoms with Gasteiger partial charge in [-0.3, -0.25) is 4.79 Å². The van der Waals surface area contributed by atoms with Crippen LogP contribution in [0.4, 0.5) is 0 Å². The van der Waals surface area contributed by atoms with Crippen molar-refractivity contribution in [1.29, 1.82) is 0 Å². The Morgan fingerprint density at radius 2 is 2.13 bits per heavy atom. The van der Waals surface area contributed by atoms with E-state index >= 15 is 0 Å². The summed E-state index contributed by atoms with van der Waals surface area (Å²) in [4.78, 5) is 11.1. The highest BCUT2D eigenvalue weighted by Gasteiger charge is 2.17. The molecule has 1 aliphatic heterocycles. The van der Waals surface area contributed by atoms with Crippen molar-refractivity contribution in [2.45, 2.75) is 6.42 Å². The van der Waals surface area contributed by atoms with Crippen molar-refractivity contribution in [3.05, 3.63) is 22.7 Å². The first-order valence-electron chi connectivity index (χ1n) is 4.35. The molecule has 1 aromatic rings. The SMILES string of the molecule is COC(=O)Cc1cc2c(cc1Cl)OCO2. The van der Waals surface area contributed by atoms with Gasteiger partial charge in [-0.2, -0.15) is 0 Å². The van der Waals surface area contributed by atoms with Gasteiger partial charge in [0.25, 0.3) is 0 Å². The molecule has 1 aliphatic rings. The molecule has 80 valence electrons. The molecular formula is C10H9ClO4. The fraction of sp³-hybridized carbons (Fsp3) is 0.300. The maximum absolute atomic E-state index is 11.1. The lowest BCUT2D eigenvalue weighted by Gasteiger charge is -2.04. The van der Waals surface area contributed by atoms with Crippen molar-refractivity contribution in [1.82, 2.24) is 0 Å². The Labute approximate surface area is 91.7 Å². The molecule has 0 aliphatic carbocycles. The Hall–Kier alpha value is -1.42. The number of methoxy groups -OCH3 is 1. The number of carbonyl (C=O) groups is 1. The number of hydrogen-bond acceptors (Lipinski definition) is 4. The molecule has 2 rings (SSSR count). The summed E-state index contributed by atoms with van der Waals surface area (Å²) in [6, 6.07) is 3.34. The lowest BCUT2D eigenvalue weighted by Crippen LogP contribution is -2.04. The highest BCUT2D eigenvalue weighted by atomic mass is 35.5. The van der Waals surface area contributed by atoms with E-state index in [1.807, 2.05) is 0 Å². The summed E-state index contributed by atoms with van der Waals surface area (Å²) in [6.45, 7) is 0.188. The summed E-state index contributed by atoms with van der Waals surface area (Å²) in [5.74, 6) is 0.877. The van der Waals surface area contributed by atoms with Gasteiger partial charge in [0.1, 0.15) is 0 Å². The highest BCUT2D eigenvalue weighted by Crippen LogP contribution is 2.36. The number of benzene rings is 1. The molecule has 0 spiro atoms. The van der Waals surface area contributed by atoms with Crippen LogP contribution in [0.15, 0.2) is 12.1 Å². The van der Waals surface area contributed by atoms with Crippen molar-refractivity contribution in [2.24, 2.45) is 0 Å². The highest BCUT2D eigenvalue weighted by molar-refractivity contribution is 6.31. The Morgan fingerprint density at radius 1 is 1.47 bits per heavy atom. The van der Waals surface area contributed by atoms with Crippen LogP contribution in [-0.4, -0.2) is 19.9 Å². The van der Waals surface area contributed by atoms with Crippen molar-refractivity contribution in [2.75, 3.05) is 13.9 Å². The maximum atomic E-state index is 11.1. The first kappa shape index (κ1) is 10.1. The van der Waals surface area contributed by atoms with Gasteiger partial charge in [0.2, 0.25) is 6.79 Å². The van der Waals surface area contributed by atoms with Gasteiger partial charge in [0.15, 0.2) is 11.5 Å². The van der Waals surface area contributed by atoms with Gasteiger partial charge in [-0.15, -0.1) is 0 Å². The van der Waals surface area contributed by atoms with Crippen LogP contribution in [0.25, 0.3) is 0 Å². The fourth-order valence-electron chi connectivity index (χ4n) is 1.32. The molecule has 15 heavy (non-hydrogen) atoms. The second kappa shape index (κ2) is 3.98. The van der Waals surface area contributed by atoms with Crippen LogP contribution >= 0.6 is 11.6 Å². The molecule has 0 N–H and O–H groups in total. The van der Waals surface area contributed by atoms with Gasteiger partial charge in [0, 0.05) is 11.1 Å². The second-order valence-corrected chi connectivity index (χ2v) is 3.46. The molecule has 0 bridgehead atoms. The molecule has 1 aromatic carbocycles. The predicted molar refractivity (Wildman–Crippen MR) is 53.3 cm³/mol. The second-order valence-electron chi connectivity index (χ2n) is 3.05. The summed E-state index contributed by atoms with van der Waals surface area (Å²) in [5.41, 5.74) is 0.674. The van der Waals surface area contributed by atoms with E-state index in [9.17, 15) is 4.79 Å². The average molecular weight is 229 g/mol. The Bertz CT molecular complexity index is 403. The Morgan fingerprint density at radius 3 is 2.80 bits per heavy atom. The zero-order chi connectivity index (χ0) is 10.8. The third-order valence-electron chi connectivity index (χ3n) is 2.10. The number of carbonyl (C=O) groups excluding carboxylic acids is 1. The summed E-state index contributed by atoms with van der Waals surface area (Å²) in [5, 5.41) is 0.477. The first-order chi connectivity index (χ1) is 7.20. The molecule has 1 heterocycles. The van der Waals surface area contributed by atoms with Crippen LogP contribution in [0, 0.1) is 0 Å². The first-order valence-corrected chi connectivity index (χ1v) is 4.73. The van der Waals surface area contributed by atoms with E-state index in [2.05, 4.69) is 4.74 Å². The molecule has 0 fully saturated rings. The Kier molecular flexibility index (Phi) is 2.68. The van der Waals surface area contributed by atoms with Crippen LogP contribution < -0.4 is 9.47 Å². The van der Waals surface area contributed by atoms with Crippen molar-refractivity contribution >= 4 is 17.6 Å². The molecule has 0 unspecified atom stereocenters. The predicted octanol–water partition coefficient (Wildman–Crippen LogP) is 1.78. The lowest BCUT2D eigenvalue weighted by molar-refractivity contribution is -0.139. The minimum atomic E-state index is -0.337. The molecule has 0 atom stereocenters. The van der Waals surface area contributed by atoms with Gasteiger partial charge < -0.3 is 14.2 Å². The van der Waals surface area contributed by atoms with Gasteiger partial charge >= 0.3 is 5.97 Å². The van der Waals surface area contributed by atoms with E-state index in [1.165, 1.54) is 7.11 Å². The quantitative estimate of drug-likeness (QED) is 0.724. The lowest BCUT2D eigenvalue weighted by atomic mass is 10.1. The van der Waals surface area contributed by atoms with Crippen LogP contribution in [0.2, 0.25) is 5.02 Å². The summed E-state index contributed by atoms with van der Waals surface area (Å²) < 4.78 is 14.9. The molecule has 0 saturated heterocycles. The van der Waals surface area contributed by atoms with Gasteiger partial charge in [-0.25, -0.2) is 0 Å². The molecular weight excluding hydrogens is 220 g/mol. The molecule has 0 amide bonds. The zero-order valence-corrected chi connectivity index (χ0v) is 8.84. The van der Waals surface area contributed by atoms with Crippen LogP contribution in [0.3, 0.4) is 0 Å². The number of fused-ring (bicyclic) bond motifs is 1. The normalized spacial score (nSPS) is 12.7. The van der Waals surface area contributed by atoms with Crippen LogP contribution in [0.1, 0.15) is 5.56 Å². The number of ether oxygens (including phenoxy) is 3. The third kappa shape index (κ3) is 1.99. The molecule has 5 heteroatoms. The van der Waals surface area contributed by atoms with E-state index in [0.717, 1.165) is 0 Å². The Balaban J connectivity index is 2.28. The van der Waals surface area contributed by atoms with Crippen molar-refractivity contribution in [3.63, 3.8) is 0 Å². The summed E-state index contributed by atoms with van der Waals surface area (Å²) in [7, 11) is 1.34. The number of hydrogen-bond donors (Lipinski definition) is 0. The number of esters is 1. The minimum absolute atomic E-state index is 0.131. The fourth-order valence-corrected chi connectivity index (χ4v) is 1.54. The van der Waals surface area contributed by atoms with E-state index in [0.29, 0.717) is 22.1 Å². The zero-order valence-electron chi connectivity index (χ0n) is 8.08. The molecule has 0 radical (unpaired) electrons. The largest absolute Gasteiger partial charge is 0.469 e. The van der Waals surface area contributed by atoms with Crippen LogP contribution in [0.5, 0.6) is 11.5 Å². The maximum Gasteiger partial charge on any atom is 0.310 e. The van der Waals surface area contributed by atoms with Gasteiger partial charge in [0.05, 0.1) is 13.5 Å². The minimum Gasteiger partial charge on any atom is -0.469 e. The van der Waals surface area contributed by atoms with Crippen LogP contribution in [-0.2, 0) is 16.0 Å². The molecule has 0 saturated carbocycles. The van der Waals surface area contributed by atoms with Gasteiger partial charge in [-0.05, 0) is 11.6 Å². The number of rotatable bonds is 2. The third-order valence-corrected chi connectivity index (χ3v) is 2.46. The molecule has 4 nitrogen and oxygen atoms in total. The standard InChI is InChI=1S/C10H9ClO4/c1-13-10(12)3-6-2-8-9(4-7(6)11)15-5-14-8/h2,4H,3,5H2,1H3. The number of halogens is 1. The van der Waals surface area contributed by atoms with E-state index in [-0.39, 0.29) is 19.2 Å². The van der Waals surface area contributed by atoms with Crippen molar-refractivity contribution in [3.8, 4) is 11.5 Å². The smallest absolute Gasteiger partial charge is 0.310 e. The van der Waals surface area contributed by atoms with E-state index in [1.54, 1.807) is 12.1 Å². The topological polar surface area (TPSA) is 44.8 Å². The summed E-state index contributed by atoms with van der Waals surface area (Å²) >= 11 is 5.97. The van der Waals surface area contributed by atoms with Gasteiger partial charge in [-0.1, -0.05) is 11.6 Å². The molecule has 0 aromatic heterocycles. The van der Waals surface area contributed by atoms with Crippen molar-refractivity contribution < 1.29 is 19.0 Å².